The molecule has 0 fully saturated rings. The van der Waals surface area contributed by atoms with Crippen LogP contribution in [-0.2, 0) is 4.79 Å². The summed E-state index contributed by atoms with van der Waals surface area (Å²) in [4.78, 5) is 26.4. The molecule has 1 aromatic heterocycles. The van der Waals surface area contributed by atoms with Gasteiger partial charge in [0.2, 0.25) is 5.91 Å². The Hall–Kier alpha value is -2.63. The molecule has 6 nitrogen and oxygen atoms in total. The molecule has 6 heteroatoms. The number of carboxylic acids is 1. The standard InChI is InChI=1S/C14H15N3O3/c1-15-12(18)6-7-16-13-10-5-3-2-4-9(10)11(8-17-13)14(19)20/h2-5,8H,6-7H2,1H3,(H,15,18)(H,16,17)(H,19,20). The number of hydrogen-bond acceptors (Lipinski definition) is 4. The van der Waals surface area contributed by atoms with Crippen LogP contribution in [0.25, 0.3) is 10.8 Å². The van der Waals surface area contributed by atoms with E-state index in [1.165, 1.54) is 6.20 Å². The molecule has 1 aromatic carbocycles. The van der Waals surface area contributed by atoms with Gasteiger partial charge in [-0.25, -0.2) is 9.78 Å². The van der Waals surface area contributed by atoms with Crippen LogP contribution in [0.3, 0.4) is 0 Å². The van der Waals surface area contributed by atoms with Gasteiger partial charge < -0.3 is 15.7 Å². The highest BCUT2D eigenvalue weighted by atomic mass is 16.4. The van der Waals surface area contributed by atoms with Crippen LogP contribution in [0.15, 0.2) is 30.5 Å². The lowest BCUT2D eigenvalue weighted by Crippen LogP contribution is -2.21. The molecule has 0 aliphatic carbocycles. The molecule has 20 heavy (non-hydrogen) atoms. The lowest BCUT2D eigenvalue weighted by Gasteiger charge is -2.10. The minimum absolute atomic E-state index is 0.0658. The van der Waals surface area contributed by atoms with E-state index in [1.807, 2.05) is 6.07 Å². The summed E-state index contributed by atoms with van der Waals surface area (Å²) < 4.78 is 0. The third-order valence-electron chi connectivity index (χ3n) is 2.95. The molecule has 1 amide bonds. The van der Waals surface area contributed by atoms with Gasteiger partial charge in [-0.2, -0.15) is 0 Å². The van der Waals surface area contributed by atoms with Crippen molar-refractivity contribution in [2.24, 2.45) is 0 Å². The molecule has 0 bridgehead atoms. The lowest BCUT2D eigenvalue weighted by atomic mass is 10.1. The van der Waals surface area contributed by atoms with E-state index in [9.17, 15) is 9.59 Å². The Balaban J connectivity index is 2.29. The Labute approximate surface area is 115 Å². The van der Waals surface area contributed by atoms with E-state index in [1.54, 1.807) is 25.2 Å². The summed E-state index contributed by atoms with van der Waals surface area (Å²) in [7, 11) is 1.58. The van der Waals surface area contributed by atoms with Crippen molar-refractivity contribution in [3.8, 4) is 0 Å². The summed E-state index contributed by atoms with van der Waals surface area (Å²) in [6, 6.07) is 7.14. The monoisotopic (exact) mass is 273 g/mol. The van der Waals surface area contributed by atoms with Crippen LogP contribution >= 0.6 is 0 Å². The number of rotatable bonds is 5. The summed E-state index contributed by atoms with van der Waals surface area (Å²) in [5.74, 6) is -0.496. The molecule has 0 unspecified atom stereocenters. The van der Waals surface area contributed by atoms with Crippen molar-refractivity contribution in [2.75, 3.05) is 18.9 Å². The molecule has 0 spiro atoms. The van der Waals surface area contributed by atoms with Crippen LogP contribution in [0.4, 0.5) is 5.82 Å². The second kappa shape index (κ2) is 6.01. The maximum absolute atomic E-state index is 11.2. The van der Waals surface area contributed by atoms with Crippen molar-refractivity contribution in [1.82, 2.24) is 10.3 Å². The van der Waals surface area contributed by atoms with E-state index >= 15 is 0 Å². The van der Waals surface area contributed by atoms with Crippen molar-refractivity contribution in [3.05, 3.63) is 36.0 Å². The lowest BCUT2D eigenvalue weighted by molar-refractivity contribution is -0.120. The number of fused-ring (bicyclic) bond motifs is 1. The number of amides is 1. The zero-order chi connectivity index (χ0) is 14.5. The molecule has 0 aliphatic heterocycles. The van der Waals surface area contributed by atoms with Gasteiger partial charge in [-0.05, 0) is 0 Å². The van der Waals surface area contributed by atoms with Gasteiger partial charge in [-0.3, -0.25) is 4.79 Å². The van der Waals surface area contributed by atoms with Gasteiger partial charge in [0.05, 0.1) is 5.56 Å². The van der Waals surface area contributed by atoms with Crippen molar-refractivity contribution in [2.45, 2.75) is 6.42 Å². The summed E-state index contributed by atoms with van der Waals surface area (Å²) in [6.45, 7) is 0.434. The van der Waals surface area contributed by atoms with Gasteiger partial charge in [0, 0.05) is 37.0 Å². The van der Waals surface area contributed by atoms with Crippen LogP contribution in [0, 0.1) is 0 Å². The van der Waals surface area contributed by atoms with Crippen LogP contribution in [0.1, 0.15) is 16.8 Å². The fourth-order valence-electron chi connectivity index (χ4n) is 1.92. The second-order valence-corrected chi connectivity index (χ2v) is 4.22. The highest BCUT2D eigenvalue weighted by Gasteiger charge is 2.12. The first kappa shape index (κ1) is 13.8. The average molecular weight is 273 g/mol. The maximum atomic E-state index is 11.2. The Bertz CT molecular complexity index is 655. The summed E-state index contributed by atoms with van der Waals surface area (Å²) in [5.41, 5.74) is 0.164. The largest absolute Gasteiger partial charge is 0.478 e. The van der Waals surface area contributed by atoms with E-state index in [4.69, 9.17) is 5.11 Å². The summed E-state index contributed by atoms with van der Waals surface area (Å²) >= 11 is 0. The van der Waals surface area contributed by atoms with E-state index in [2.05, 4.69) is 15.6 Å². The van der Waals surface area contributed by atoms with Gasteiger partial charge in [-0.15, -0.1) is 0 Å². The number of carbonyl (C=O) groups excluding carboxylic acids is 1. The first-order valence-electron chi connectivity index (χ1n) is 6.19. The van der Waals surface area contributed by atoms with Gasteiger partial charge in [0.1, 0.15) is 5.82 Å². The number of anilines is 1. The molecular weight excluding hydrogens is 258 g/mol. The summed E-state index contributed by atoms with van der Waals surface area (Å²) in [6.07, 6.45) is 1.65. The van der Waals surface area contributed by atoms with Crippen molar-refractivity contribution >= 4 is 28.5 Å². The molecule has 3 N–H and O–H groups in total. The fourth-order valence-corrected chi connectivity index (χ4v) is 1.92. The zero-order valence-corrected chi connectivity index (χ0v) is 11.0. The topological polar surface area (TPSA) is 91.3 Å². The average Bonchev–Trinajstić information content (AvgIpc) is 2.46. The third kappa shape index (κ3) is 2.85. The minimum Gasteiger partial charge on any atom is -0.478 e. The van der Waals surface area contributed by atoms with Crippen molar-refractivity contribution in [1.29, 1.82) is 0 Å². The highest BCUT2D eigenvalue weighted by Crippen LogP contribution is 2.24. The quantitative estimate of drug-likeness (QED) is 0.767. The van der Waals surface area contributed by atoms with Gasteiger partial charge in [-0.1, -0.05) is 24.3 Å². The van der Waals surface area contributed by atoms with E-state index < -0.39 is 5.97 Å². The molecule has 0 atom stereocenters. The molecule has 0 saturated carbocycles. The van der Waals surface area contributed by atoms with Crippen LogP contribution in [-0.4, -0.2) is 35.6 Å². The van der Waals surface area contributed by atoms with Crippen LogP contribution < -0.4 is 10.6 Å². The number of pyridine rings is 1. The second-order valence-electron chi connectivity index (χ2n) is 4.22. The molecule has 0 aliphatic rings. The number of nitrogens with one attached hydrogen (secondary N) is 2. The number of aromatic nitrogens is 1. The van der Waals surface area contributed by atoms with Gasteiger partial charge in [0.25, 0.3) is 0 Å². The first-order chi connectivity index (χ1) is 9.63. The molecule has 104 valence electrons. The van der Waals surface area contributed by atoms with Gasteiger partial charge in [0.15, 0.2) is 0 Å². The van der Waals surface area contributed by atoms with Crippen LogP contribution in [0.2, 0.25) is 0 Å². The number of carbonyl (C=O) groups is 2. The molecule has 2 aromatic rings. The molecule has 0 radical (unpaired) electrons. The minimum atomic E-state index is -1.01. The molecule has 1 heterocycles. The maximum Gasteiger partial charge on any atom is 0.337 e. The number of benzene rings is 1. The van der Waals surface area contributed by atoms with Gasteiger partial charge >= 0.3 is 5.97 Å². The highest BCUT2D eigenvalue weighted by molar-refractivity contribution is 6.06. The SMILES string of the molecule is CNC(=O)CCNc1ncc(C(=O)O)c2ccccc12. The number of aromatic carboxylic acids is 1. The normalized spacial score (nSPS) is 10.2. The van der Waals surface area contributed by atoms with E-state index in [0.29, 0.717) is 24.2 Å². The number of hydrogen-bond donors (Lipinski definition) is 3. The van der Waals surface area contributed by atoms with E-state index in [0.717, 1.165) is 5.39 Å². The number of nitrogens with zero attached hydrogens (tertiary/aromatic N) is 1. The van der Waals surface area contributed by atoms with E-state index in [-0.39, 0.29) is 11.5 Å². The Kier molecular flexibility index (Phi) is 4.14. The molecular formula is C14H15N3O3. The summed E-state index contributed by atoms with van der Waals surface area (Å²) in [5, 5.41) is 16.1. The molecule has 2 rings (SSSR count). The molecule has 0 saturated heterocycles. The predicted octanol–water partition coefficient (Wildman–Crippen LogP) is 1.48. The Morgan fingerprint density at radius 3 is 2.60 bits per heavy atom. The Morgan fingerprint density at radius 1 is 1.25 bits per heavy atom. The van der Waals surface area contributed by atoms with Crippen molar-refractivity contribution in [3.63, 3.8) is 0 Å². The van der Waals surface area contributed by atoms with Crippen LogP contribution in [0.5, 0.6) is 0 Å². The third-order valence-corrected chi connectivity index (χ3v) is 2.95. The smallest absolute Gasteiger partial charge is 0.337 e. The fraction of sp³-hybridized carbons (Fsp3) is 0.214. The van der Waals surface area contributed by atoms with Crippen molar-refractivity contribution < 1.29 is 14.7 Å². The number of carboxylic acid groups (broad SMARTS) is 1. The Morgan fingerprint density at radius 2 is 1.95 bits per heavy atom. The zero-order valence-electron chi connectivity index (χ0n) is 11.0. The predicted molar refractivity (Wildman–Crippen MR) is 75.9 cm³/mol. The first-order valence-corrected chi connectivity index (χ1v) is 6.19.